The van der Waals surface area contributed by atoms with E-state index in [4.69, 9.17) is 9.47 Å². The van der Waals surface area contributed by atoms with Crippen LogP contribution in [0.25, 0.3) is 0 Å². The highest BCUT2D eigenvalue weighted by atomic mass is 16.5. The Morgan fingerprint density at radius 2 is 1.83 bits per heavy atom. The van der Waals surface area contributed by atoms with Gasteiger partial charge in [-0.1, -0.05) is 6.07 Å². The monoisotopic (exact) mass is 336 g/mol. The number of nitrogens with one attached hydrogen (secondary N) is 2. The quantitative estimate of drug-likeness (QED) is 0.512. The standard InChI is InChI=1S/C17H24N2O5/c1-12-5-6-14(9-13(12)2)17(22)19-10-16(21)24-11-15(20)18-7-4-8-23-3/h5-6,9H,4,7-8,10-11H2,1-3H3,(H,18,20)(H,19,22). The maximum atomic E-state index is 11.9. The highest BCUT2D eigenvalue weighted by Gasteiger charge is 2.11. The van der Waals surface area contributed by atoms with Crippen molar-refractivity contribution in [1.82, 2.24) is 10.6 Å². The fraction of sp³-hybridized carbons (Fsp3) is 0.471. The van der Waals surface area contributed by atoms with E-state index in [1.807, 2.05) is 19.9 Å². The number of aryl methyl sites for hydroxylation is 2. The summed E-state index contributed by atoms with van der Waals surface area (Å²) in [5, 5.41) is 5.06. The molecule has 1 aromatic rings. The van der Waals surface area contributed by atoms with E-state index in [9.17, 15) is 14.4 Å². The second-order valence-electron chi connectivity index (χ2n) is 5.34. The largest absolute Gasteiger partial charge is 0.454 e. The van der Waals surface area contributed by atoms with E-state index in [1.54, 1.807) is 19.2 Å². The van der Waals surface area contributed by atoms with E-state index in [2.05, 4.69) is 10.6 Å². The van der Waals surface area contributed by atoms with Crippen molar-refractivity contribution in [1.29, 1.82) is 0 Å². The molecule has 0 bridgehead atoms. The zero-order valence-corrected chi connectivity index (χ0v) is 14.3. The molecule has 0 saturated heterocycles. The van der Waals surface area contributed by atoms with E-state index in [-0.39, 0.29) is 25.0 Å². The van der Waals surface area contributed by atoms with Crippen molar-refractivity contribution < 1.29 is 23.9 Å². The van der Waals surface area contributed by atoms with Crippen molar-refractivity contribution in [3.05, 3.63) is 34.9 Å². The second kappa shape index (κ2) is 10.4. The number of hydrogen-bond acceptors (Lipinski definition) is 5. The van der Waals surface area contributed by atoms with Gasteiger partial charge in [0.25, 0.3) is 11.8 Å². The zero-order chi connectivity index (χ0) is 17.9. The number of rotatable bonds is 9. The van der Waals surface area contributed by atoms with Crippen LogP contribution in [0.4, 0.5) is 0 Å². The van der Waals surface area contributed by atoms with Gasteiger partial charge in [-0.05, 0) is 43.5 Å². The lowest BCUT2D eigenvalue weighted by molar-refractivity contribution is -0.147. The second-order valence-corrected chi connectivity index (χ2v) is 5.34. The third-order valence-electron chi connectivity index (χ3n) is 3.37. The lowest BCUT2D eigenvalue weighted by Crippen LogP contribution is -2.34. The third kappa shape index (κ3) is 7.23. The first-order chi connectivity index (χ1) is 11.4. The molecule has 0 radical (unpaired) electrons. The number of ether oxygens (including phenoxy) is 2. The minimum absolute atomic E-state index is 0.289. The summed E-state index contributed by atoms with van der Waals surface area (Å²) in [6, 6.07) is 5.29. The number of hydrogen-bond donors (Lipinski definition) is 2. The first-order valence-corrected chi connectivity index (χ1v) is 7.70. The Bertz CT molecular complexity index is 586. The van der Waals surface area contributed by atoms with Gasteiger partial charge in [-0.25, -0.2) is 0 Å². The Hall–Kier alpha value is -2.41. The van der Waals surface area contributed by atoms with E-state index in [0.717, 1.165) is 11.1 Å². The van der Waals surface area contributed by atoms with Crippen LogP contribution in [-0.4, -0.2) is 51.2 Å². The van der Waals surface area contributed by atoms with Gasteiger partial charge in [-0.3, -0.25) is 14.4 Å². The first-order valence-electron chi connectivity index (χ1n) is 7.70. The molecule has 7 nitrogen and oxygen atoms in total. The van der Waals surface area contributed by atoms with Crippen LogP contribution in [0.15, 0.2) is 18.2 Å². The number of carbonyl (C=O) groups is 3. The lowest BCUT2D eigenvalue weighted by atomic mass is 10.1. The van der Waals surface area contributed by atoms with Gasteiger partial charge in [0, 0.05) is 25.8 Å². The van der Waals surface area contributed by atoms with Crippen LogP contribution >= 0.6 is 0 Å². The predicted molar refractivity (Wildman–Crippen MR) is 88.7 cm³/mol. The molecule has 0 aliphatic carbocycles. The Morgan fingerprint density at radius 3 is 2.50 bits per heavy atom. The average molecular weight is 336 g/mol. The summed E-state index contributed by atoms with van der Waals surface area (Å²) in [7, 11) is 1.58. The van der Waals surface area contributed by atoms with Crippen LogP contribution < -0.4 is 10.6 Å². The van der Waals surface area contributed by atoms with Gasteiger partial charge in [0.1, 0.15) is 6.54 Å². The smallest absolute Gasteiger partial charge is 0.325 e. The Kier molecular flexibility index (Phi) is 8.49. The third-order valence-corrected chi connectivity index (χ3v) is 3.37. The summed E-state index contributed by atoms with van der Waals surface area (Å²) in [6.45, 7) is 4.20. The molecule has 0 fully saturated rings. The molecule has 0 heterocycles. The zero-order valence-electron chi connectivity index (χ0n) is 14.3. The maximum absolute atomic E-state index is 11.9. The van der Waals surface area contributed by atoms with Crippen LogP contribution in [0.3, 0.4) is 0 Å². The average Bonchev–Trinajstić information content (AvgIpc) is 2.57. The highest BCUT2D eigenvalue weighted by molar-refractivity contribution is 5.96. The molecule has 0 aliphatic rings. The van der Waals surface area contributed by atoms with Gasteiger partial charge in [-0.15, -0.1) is 0 Å². The van der Waals surface area contributed by atoms with Gasteiger partial charge in [0.2, 0.25) is 0 Å². The van der Waals surface area contributed by atoms with E-state index in [1.165, 1.54) is 0 Å². The number of esters is 1. The molecular formula is C17H24N2O5. The lowest BCUT2D eigenvalue weighted by Gasteiger charge is -2.08. The molecule has 0 unspecified atom stereocenters. The fourth-order valence-corrected chi connectivity index (χ4v) is 1.83. The molecule has 2 amide bonds. The molecule has 132 valence electrons. The number of carbonyl (C=O) groups excluding carboxylic acids is 3. The Morgan fingerprint density at radius 1 is 1.08 bits per heavy atom. The van der Waals surface area contributed by atoms with Crippen LogP contribution in [-0.2, 0) is 19.1 Å². The Balaban J connectivity index is 2.26. The summed E-state index contributed by atoms with van der Waals surface area (Å²) in [4.78, 5) is 34.9. The number of amides is 2. The van der Waals surface area contributed by atoms with Crippen LogP contribution in [0.2, 0.25) is 0 Å². The van der Waals surface area contributed by atoms with E-state index >= 15 is 0 Å². The number of benzene rings is 1. The highest BCUT2D eigenvalue weighted by Crippen LogP contribution is 2.09. The van der Waals surface area contributed by atoms with Gasteiger partial charge < -0.3 is 20.1 Å². The van der Waals surface area contributed by atoms with Crippen molar-refractivity contribution in [3.63, 3.8) is 0 Å². The summed E-state index contributed by atoms with van der Waals surface area (Å²) in [6.07, 6.45) is 0.683. The fourth-order valence-electron chi connectivity index (χ4n) is 1.83. The van der Waals surface area contributed by atoms with Crippen molar-refractivity contribution in [3.8, 4) is 0 Å². The van der Waals surface area contributed by atoms with Gasteiger partial charge in [-0.2, -0.15) is 0 Å². The molecule has 2 N–H and O–H groups in total. The minimum atomic E-state index is -0.667. The first kappa shape index (κ1) is 19.6. The molecule has 24 heavy (non-hydrogen) atoms. The van der Waals surface area contributed by atoms with Gasteiger partial charge >= 0.3 is 5.97 Å². The molecule has 1 aromatic carbocycles. The maximum Gasteiger partial charge on any atom is 0.325 e. The molecule has 0 spiro atoms. The molecule has 0 aromatic heterocycles. The van der Waals surface area contributed by atoms with Gasteiger partial charge in [0.15, 0.2) is 6.61 Å². The van der Waals surface area contributed by atoms with Gasteiger partial charge in [0.05, 0.1) is 0 Å². The Labute approximate surface area is 141 Å². The molecule has 7 heteroatoms. The summed E-state index contributed by atoms with van der Waals surface area (Å²) < 4.78 is 9.64. The van der Waals surface area contributed by atoms with Crippen molar-refractivity contribution in [2.45, 2.75) is 20.3 Å². The molecule has 0 atom stereocenters. The topological polar surface area (TPSA) is 93.7 Å². The molecular weight excluding hydrogens is 312 g/mol. The van der Waals surface area contributed by atoms with E-state index < -0.39 is 5.97 Å². The van der Waals surface area contributed by atoms with Crippen LogP contribution in [0.5, 0.6) is 0 Å². The molecule has 0 aliphatic heterocycles. The van der Waals surface area contributed by atoms with Crippen molar-refractivity contribution in [2.75, 3.05) is 33.4 Å². The van der Waals surface area contributed by atoms with Crippen molar-refractivity contribution in [2.24, 2.45) is 0 Å². The number of methoxy groups -OCH3 is 1. The van der Waals surface area contributed by atoms with Crippen molar-refractivity contribution >= 4 is 17.8 Å². The summed E-state index contributed by atoms with van der Waals surface area (Å²) >= 11 is 0. The molecule has 0 saturated carbocycles. The SMILES string of the molecule is COCCCNC(=O)COC(=O)CNC(=O)c1ccc(C)c(C)c1. The predicted octanol–water partition coefficient (Wildman–Crippen LogP) is 0.729. The summed E-state index contributed by atoms with van der Waals surface area (Å²) in [5.41, 5.74) is 2.56. The molecule has 1 rings (SSSR count). The summed E-state index contributed by atoms with van der Waals surface area (Å²) in [5.74, 6) is -1.42. The normalized spacial score (nSPS) is 10.1. The minimum Gasteiger partial charge on any atom is -0.454 e. The van der Waals surface area contributed by atoms with Crippen LogP contribution in [0, 0.1) is 13.8 Å². The van der Waals surface area contributed by atoms with Crippen LogP contribution in [0.1, 0.15) is 27.9 Å². The van der Waals surface area contributed by atoms with E-state index in [0.29, 0.717) is 25.1 Å².